The average molecular weight is 253 g/mol. The molecule has 0 aliphatic carbocycles. The number of amides is 1. The molecule has 0 fully saturated rings. The van der Waals surface area contributed by atoms with E-state index in [-0.39, 0.29) is 12.3 Å². The molecule has 0 radical (unpaired) electrons. The van der Waals surface area contributed by atoms with Crippen LogP contribution in [0.4, 0.5) is 0 Å². The molecule has 17 heavy (non-hydrogen) atoms. The van der Waals surface area contributed by atoms with Crippen LogP contribution in [0.3, 0.4) is 0 Å². The zero-order chi connectivity index (χ0) is 12.7. The first-order chi connectivity index (χ1) is 8.13. The standard InChI is InChI=1S/C12H15NO3S/c1-9(13-11(14)7-8-17)12(15)16-10-5-3-2-4-6-10/h2-6,9,17H,7-8H2,1H3,(H,13,14)/t9-/m0/s1. The zero-order valence-corrected chi connectivity index (χ0v) is 10.4. The molecule has 0 aliphatic heterocycles. The SMILES string of the molecule is C[C@H](NC(=O)CCS)C(=O)Oc1ccccc1. The molecule has 0 saturated carbocycles. The van der Waals surface area contributed by atoms with E-state index in [1.54, 1.807) is 31.2 Å². The van der Waals surface area contributed by atoms with Crippen molar-refractivity contribution in [2.75, 3.05) is 5.75 Å². The van der Waals surface area contributed by atoms with Crippen LogP contribution in [0.25, 0.3) is 0 Å². The average Bonchev–Trinajstić information content (AvgIpc) is 2.30. The number of hydrogen-bond donors (Lipinski definition) is 2. The molecule has 5 heteroatoms. The molecule has 0 aliphatic rings. The molecular weight excluding hydrogens is 238 g/mol. The lowest BCUT2D eigenvalue weighted by Crippen LogP contribution is -2.40. The largest absolute Gasteiger partial charge is 0.425 e. The van der Waals surface area contributed by atoms with Gasteiger partial charge in [-0.1, -0.05) is 18.2 Å². The van der Waals surface area contributed by atoms with Gasteiger partial charge in [-0.15, -0.1) is 0 Å². The van der Waals surface area contributed by atoms with E-state index in [9.17, 15) is 9.59 Å². The van der Waals surface area contributed by atoms with Crippen LogP contribution in [0.15, 0.2) is 30.3 Å². The lowest BCUT2D eigenvalue weighted by Gasteiger charge is -2.12. The number of thiol groups is 1. The van der Waals surface area contributed by atoms with Crippen molar-refractivity contribution >= 4 is 24.5 Å². The smallest absolute Gasteiger partial charge is 0.333 e. The highest BCUT2D eigenvalue weighted by molar-refractivity contribution is 7.80. The highest BCUT2D eigenvalue weighted by Gasteiger charge is 2.17. The molecule has 1 N–H and O–H groups in total. The van der Waals surface area contributed by atoms with Crippen LogP contribution in [-0.4, -0.2) is 23.7 Å². The van der Waals surface area contributed by atoms with Gasteiger partial charge in [-0.25, -0.2) is 4.79 Å². The monoisotopic (exact) mass is 253 g/mol. The van der Waals surface area contributed by atoms with Crippen LogP contribution in [-0.2, 0) is 9.59 Å². The predicted molar refractivity (Wildman–Crippen MR) is 68.2 cm³/mol. The number of para-hydroxylation sites is 1. The summed E-state index contributed by atoms with van der Waals surface area (Å²) in [4.78, 5) is 22.8. The van der Waals surface area contributed by atoms with E-state index in [1.165, 1.54) is 0 Å². The summed E-state index contributed by atoms with van der Waals surface area (Å²) in [6.07, 6.45) is 0.284. The summed E-state index contributed by atoms with van der Waals surface area (Å²) < 4.78 is 5.08. The maximum Gasteiger partial charge on any atom is 0.333 e. The molecule has 1 aromatic carbocycles. The van der Waals surface area contributed by atoms with Crippen molar-refractivity contribution in [3.8, 4) is 5.75 Å². The number of hydrogen-bond acceptors (Lipinski definition) is 4. The van der Waals surface area contributed by atoms with Gasteiger partial charge in [0.15, 0.2) is 0 Å². The second-order valence-electron chi connectivity index (χ2n) is 3.50. The molecule has 92 valence electrons. The Morgan fingerprint density at radius 3 is 2.59 bits per heavy atom. The third-order valence-electron chi connectivity index (χ3n) is 2.03. The number of carbonyl (C=O) groups excluding carboxylic acids is 2. The van der Waals surface area contributed by atoms with Gasteiger partial charge in [-0.3, -0.25) is 4.79 Å². The third-order valence-corrected chi connectivity index (χ3v) is 2.26. The summed E-state index contributed by atoms with van der Waals surface area (Å²) in [5.41, 5.74) is 0. The van der Waals surface area contributed by atoms with Gasteiger partial charge in [0.05, 0.1) is 0 Å². The molecule has 1 aromatic rings. The first kappa shape index (κ1) is 13.6. The maximum atomic E-state index is 11.6. The van der Waals surface area contributed by atoms with Crippen molar-refractivity contribution in [1.29, 1.82) is 0 Å². The Morgan fingerprint density at radius 2 is 2.00 bits per heavy atom. The summed E-state index contributed by atoms with van der Waals surface area (Å²) in [7, 11) is 0. The molecule has 0 spiro atoms. The second kappa shape index (κ2) is 6.96. The fourth-order valence-electron chi connectivity index (χ4n) is 1.17. The summed E-state index contributed by atoms with van der Waals surface area (Å²) >= 11 is 3.94. The first-order valence-corrected chi connectivity index (χ1v) is 5.93. The minimum absolute atomic E-state index is 0.211. The van der Waals surface area contributed by atoms with Crippen molar-refractivity contribution in [2.24, 2.45) is 0 Å². The molecule has 0 aromatic heterocycles. The van der Waals surface area contributed by atoms with Crippen LogP contribution in [0.5, 0.6) is 5.75 Å². The Hall–Kier alpha value is -1.49. The Morgan fingerprint density at radius 1 is 1.35 bits per heavy atom. The number of nitrogens with one attached hydrogen (secondary N) is 1. The summed E-state index contributed by atoms with van der Waals surface area (Å²) in [6, 6.07) is 8.07. The number of benzene rings is 1. The minimum atomic E-state index is -0.664. The Kier molecular flexibility index (Phi) is 5.56. The molecule has 0 bridgehead atoms. The van der Waals surface area contributed by atoms with Crippen molar-refractivity contribution < 1.29 is 14.3 Å². The maximum absolute atomic E-state index is 11.6. The Balaban J connectivity index is 2.45. The predicted octanol–water partition coefficient (Wildman–Crippen LogP) is 1.42. The van der Waals surface area contributed by atoms with Gasteiger partial charge in [0.2, 0.25) is 5.91 Å². The van der Waals surface area contributed by atoms with Crippen molar-refractivity contribution in [2.45, 2.75) is 19.4 Å². The summed E-state index contributed by atoms with van der Waals surface area (Å²) in [6.45, 7) is 1.59. The van der Waals surface area contributed by atoms with Gasteiger partial charge in [0.1, 0.15) is 11.8 Å². The van der Waals surface area contributed by atoms with Gasteiger partial charge in [0, 0.05) is 6.42 Å². The quantitative estimate of drug-likeness (QED) is 0.474. The van der Waals surface area contributed by atoms with Gasteiger partial charge >= 0.3 is 5.97 Å². The summed E-state index contributed by atoms with van der Waals surface area (Å²) in [5.74, 6) is 0.223. The van der Waals surface area contributed by atoms with Crippen molar-refractivity contribution in [3.05, 3.63) is 30.3 Å². The van der Waals surface area contributed by atoms with Gasteiger partial charge < -0.3 is 10.1 Å². The molecule has 0 unspecified atom stereocenters. The molecule has 1 atom stereocenters. The van der Waals surface area contributed by atoms with Crippen molar-refractivity contribution in [1.82, 2.24) is 5.32 Å². The van der Waals surface area contributed by atoms with E-state index in [0.717, 1.165) is 0 Å². The van der Waals surface area contributed by atoms with Crippen LogP contribution in [0.1, 0.15) is 13.3 Å². The molecule has 0 saturated heterocycles. The van der Waals surface area contributed by atoms with E-state index >= 15 is 0 Å². The molecule has 4 nitrogen and oxygen atoms in total. The highest BCUT2D eigenvalue weighted by Crippen LogP contribution is 2.09. The van der Waals surface area contributed by atoms with Crippen LogP contribution in [0.2, 0.25) is 0 Å². The lowest BCUT2D eigenvalue weighted by molar-refractivity contribution is -0.138. The highest BCUT2D eigenvalue weighted by atomic mass is 32.1. The lowest BCUT2D eigenvalue weighted by atomic mass is 10.3. The van der Waals surface area contributed by atoms with E-state index in [4.69, 9.17) is 4.74 Å². The summed E-state index contributed by atoms with van der Waals surface area (Å²) in [5, 5.41) is 2.54. The molecule has 1 amide bonds. The number of carbonyl (C=O) groups is 2. The van der Waals surface area contributed by atoms with E-state index in [2.05, 4.69) is 17.9 Å². The Labute approximate surface area is 106 Å². The Bertz CT molecular complexity index is 381. The topological polar surface area (TPSA) is 55.4 Å². The molecular formula is C12H15NO3S. The zero-order valence-electron chi connectivity index (χ0n) is 9.55. The van der Waals surface area contributed by atoms with Gasteiger partial charge in [-0.05, 0) is 24.8 Å². The fourth-order valence-corrected chi connectivity index (χ4v) is 1.37. The third kappa shape index (κ3) is 4.91. The molecule has 1 rings (SSSR count). The minimum Gasteiger partial charge on any atom is -0.425 e. The van der Waals surface area contributed by atoms with E-state index < -0.39 is 12.0 Å². The van der Waals surface area contributed by atoms with E-state index in [1.807, 2.05) is 6.07 Å². The second-order valence-corrected chi connectivity index (χ2v) is 3.94. The normalized spacial score (nSPS) is 11.6. The fraction of sp³-hybridized carbons (Fsp3) is 0.333. The first-order valence-electron chi connectivity index (χ1n) is 5.30. The van der Waals surface area contributed by atoms with Gasteiger partial charge in [-0.2, -0.15) is 12.6 Å². The van der Waals surface area contributed by atoms with Gasteiger partial charge in [0.25, 0.3) is 0 Å². The molecule has 0 heterocycles. The van der Waals surface area contributed by atoms with Crippen LogP contribution >= 0.6 is 12.6 Å². The number of rotatable bonds is 5. The number of esters is 1. The van der Waals surface area contributed by atoms with Crippen LogP contribution in [0, 0.1) is 0 Å². The van der Waals surface area contributed by atoms with Crippen molar-refractivity contribution in [3.63, 3.8) is 0 Å². The van der Waals surface area contributed by atoms with E-state index in [0.29, 0.717) is 11.5 Å². The number of ether oxygens (including phenoxy) is 1. The van der Waals surface area contributed by atoms with Crippen LogP contribution < -0.4 is 10.1 Å².